The topological polar surface area (TPSA) is 41.8 Å². The molecule has 1 aliphatic rings. The van der Waals surface area contributed by atoms with Gasteiger partial charge >= 0.3 is 0 Å². The smallest absolute Gasteiger partial charge is 0.0950 e. The third-order valence-electron chi connectivity index (χ3n) is 2.41. The van der Waals surface area contributed by atoms with Crippen LogP contribution in [0.1, 0.15) is 11.1 Å². The van der Waals surface area contributed by atoms with Crippen LogP contribution in [0.25, 0.3) is 6.08 Å². The van der Waals surface area contributed by atoms with Crippen LogP contribution in [0.2, 0.25) is 0 Å². The van der Waals surface area contributed by atoms with E-state index in [-0.39, 0.29) is 0 Å². The zero-order valence-electron chi connectivity index (χ0n) is 8.73. The number of hydrogen-bond donors (Lipinski definition) is 1. The van der Waals surface area contributed by atoms with Crippen LogP contribution in [0.5, 0.6) is 0 Å². The SMILES string of the molecule is C=Cc1cccc(CN(N)CC2CO2)c1. The highest BCUT2D eigenvalue weighted by Gasteiger charge is 2.24. The fourth-order valence-electron chi connectivity index (χ4n) is 1.55. The van der Waals surface area contributed by atoms with E-state index in [0.29, 0.717) is 6.10 Å². The summed E-state index contributed by atoms with van der Waals surface area (Å²) in [6, 6.07) is 8.22. The van der Waals surface area contributed by atoms with Gasteiger partial charge in [0.2, 0.25) is 0 Å². The number of rotatable bonds is 5. The largest absolute Gasteiger partial charge is 0.372 e. The molecule has 1 atom stereocenters. The fourth-order valence-corrected chi connectivity index (χ4v) is 1.55. The number of hydrazine groups is 1. The Kier molecular flexibility index (Phi) is 3.16. The monoisotopic (exact) mass is 204 g/mol. The van der Waals surface area contributed by atoms with Gasteiger partial charge in [0.05, 0.1) is 12.7 Å². The van der Waals surface area contributed by atoms with Crippen molar-refractivity contribution in [3.8, 4) is 0 Å². The first-order valence-electron chi connectivity index (χ1n) is 5.10. The van der Waals surface area contributed by atoms with Crippen LogP contribution >= 0.6 is 0 Å². The molecule has 1 heterocycles. The van der Waals surface area contributed by atoms with E-state index in [1.165, 1.54) is 5.56 Å². The fraction of sp³-hybridized carbons (Fsp3) is 0.333. The summed E-state index contributed by atoms with van der Waals surface area (Å²) in [5.41, 5.74) is 2.33. The van der Waals surface area contributed by atoms with Gasteiger partial charge in [-0.05, 0) is 11.1 Å². The number of epoxide rings is 1. The van der Waals surface area contributed by atoms with Gasteiger partial charge in [0.15, 0.2) is 0 Å². The molecule has 3 heteroatoms. The molecule has 0 bridgehead atoms. The number of nitrogens with zero attached hydrogens (tertiary/aromatic N) is 1. The predicted octanol–water partition coefficient (Wildman–Crippen LogP) is 1.40. The maximum atomic E-state index is 5.87. The average molecular weight is 204 g/mol. The molecule has 1 unspecified atom stereocenters. The van der Waals surface area contributed by atoms with E-state index in [1.807, 2.05) is 18.2 Å². The molecular weight excluding hydrogens is 188 g/mol. The number of ether oxygens (including phenoxy) is 1. The van der Waals surface area contributed by atoms with Crippen molar-refractivity contribution < 1.29 is 4.74 Å². The van der Waals surface area contributed by atoms with Gasteiger partial charge in [-0.15, -0.1) is 0 Å². The molecule has 1 aliphatic heterocycles. The Labute approximate surface area is 90.1 Å². The molecule has 3 nitrogen and oxygen atoms in total. The molecule has 1 aromatic rings. The molecule has 80 valence electrons. The molecule has 2 rings (SSSR count). The average Bonchev–Trinajstić information content (AvgIpc) is 3.02. The Hall–Kier alpha value is -1.16. The van der Waals surface area contributed by atoms with Crippen molar-refractivity contribution in [2.45, 2.75) is 12.6 Å². The van der Waals surface area contributed by atoms with Crippen molar-refractivity contribution in [1.82, 2.24) is 5.01 Å². The summed E-state index contributed by atoms with van der Waals surface area (Å²) in [6.07, 6.45) is 2.19. The second-order valence-corrected chi connectivity index (χ2v) is 3.83. The molecule has 0 aliphatic carbocycles. The molecular formula is C12H16N2O. The molecule has 0 spiro atoms. The van der Waals surface area contributed by atoms with Crippen molar-refractivity contribution in [3.05, 3.63) is 42.0 Å². The van der Waals surface area contributed by atoms with E-state index < -0.39 is 0 Å². The van der Waals surface area contributed by atoms with Crippen LogP contribution in [-0.4, -0.2) is 24.3 Å². The maximum absolute atomic E-state index is 5.87. The predicted molar refractivity (Wildman–Crippen MR) is 60.9 cm³/mol. The normalized spacial score (nSPS) is 19.2. The Bertz CT molecular complexity index is 347. The highest BCUT2D eigenvalue weighted by Crippen LogP contribution is 2.12. The first-order chi connectivity index (χ1) is 7.28. The van der Waals surface area contributed by atoms with Crippen molar-refractivity contribution in [2.24, 2.45) is 5.84 Å². The van der Waals surface area contributed by atoms with Gasteiger partial charge in [-0.25, -0.2) is 5.01 Å². The van der Waals surface area contributed by atoms with Gasteiger partial charge in [-0.3, -0.25) is 5.84 Å². The minimum Gasteiger partial charge on any atom is -0.372 e. The lowest BCUT2D eigenvalue weighted by Crippen LogP contribution is -2.33. The molecule has 0 radical (unpaired) electrons. The summed E-state index contributed by atoms with van der Waals surface area (Å²) >= 11 is 0. The minimum absolute atomic E-state index is 0.345. The van der Waals surface area contributed by atoms with Crippen LogP contribution in [-0.2, 0) is 11.3 Å². The maximum Gasteiger partial charge on any atom is 0.0950 e. The number of hydrogen-bond acceptors (Lipinski definition) is 3. The summed E-state index contributed by atoms with van der Waals surface area (Å²) in [7, 11) is 0. The molecule has 15 heavy (non-hydrogen) atoms. The van der Waals surface area contributed by atoms with E-state index >= 15 is 0 Å². The first-order valence-corrected chi connectivity index (χ1v) is 5.10. The Morgan fingerprint density at radius 1 is 1.60 bits per heavy atom. The Balaban J connectivity index is 1.93. The number of nitrogens with two attached hydrogens (primary N) is 1. The van der Waals surface area contributed by atoms with Gasteiger partial charge in [-0.2, -0.15) is 0 Å². The molecule has 0 aromatic heterocycles. The summed E-state index contributed by atoms with van der Waals surface area (Å²) in [5, 5.41) is 1.79. The molecule has 1 aromatic carbocycles. The van der Waals surface area contributed by atoms with Gasteiger partial charge < -0.3 is 4.74 Å². The zero-order valence-corrected chi connectivity index (χ0v) is 8.73. The van der Waals surface area contributed by atoms with Gasteiger partial charge in [0.25, 0.3) is 0 Å². The van der Waals surface area contributed by atoms with E-state index in [1.54, 1.807) is 5.01 Å². The third kappa shape index (κ3) is 3.16. The van der Waals surface area contributed by atoms with Crippen LogP contribution in [0.15, 0.2) is 30.8 Å². The Morgan fingerprint density at radius 2 is 2.40 bits per heavy atom. The van der Waals surface area contributed by atoms with Crippen molar-refractivity contribution >= 4 is 6.08 Å². The molecule has 0 amide bonds. The van der Waals surface area contributed by atoms with Crippen LogP contribution in [0.3, 0.4) is 0 Å². The molecule has 1 saturated heterocycles. The standard InChI is InChI=1S/C12H16N2O/c1-2-10-4-3-5-11(6-10)7-14(13)8-12-9-15-12/h2-6,12H,1,7-9,13H2. The molecule has 2 N–H and O–H groups in total. The van der Waals surface area contributed by atoms with E-state index in [0.717, 1.165) is 25.3 Å². The molecule has 0 saturated carbocycles. The highest BCUT2D eigenvalue weighted by atomic mass is 16.6. The van der Waals surface area contributed by atoms with Gasteiger partial charge in [0, 0.05) is 13.1 Å². The second-order valence-electron chi connectivity index (χ2n) is 3.83. The van der Waals surface area contributed by atoms with E-state index in [9.17, 15) is 0 Å². The van der Waals surface area contributed by atoms with Crippen LogP contribution in [0, 0.1) is 0 Å². The lowest BCUT2D eigenvalue weighted by atomic mass is 10.1. The van der Waals surface area contributed by atoms with Crippen LogP contribution < -0.4 is 5.84 Å². The molecule has 1 fully saturated rings. The highest BCUT2D eigenvalue weighted by molar-refractivity contribution is 5.47. The van der Waals surface area contributed by atoms with E-state index in [4.69, 9.17) is 10.6 Å². The van der Waals surface area contributed by atoms with Crippen molar-refractivity contribution in [1.29, 1.82) is 0 Å². The zero-order chi connectivity index (χ0) is 10.7. The summed E-state index contributed by atoms with van der Waals surface area (Å²) in [4.78, 5) is 0. The first kappa shape index (κ1) is 10.4. The summed E-state index contributed by atoms with van der Waals surface area (Å²) < 4.78 is 5.12. The third-order valence-corrected chi connectivity index (χ3v) is 2.41. The van der Waals surface area contributed by atoms with Gasteiger partial charge in [0.1, 0.15) is 0 Å². The quantitative estimate of drug-likeness (QED) is 0.448. The van der Waals surface area contributed by atoms with Crippen molar-refractivity contribution in [2.75, 3.05) is 13.2 Å². The lowest BCUT2D eigenvalue weighted by molar-refractivity contribution is 0.240. The lowest BCUT2D eigenvalue weighted by Gasteiger charge is -2.15. The van der Waals surface area contributed by atoms with Crippen LogP contribution in [0.4, 0.5) is 0 Å². The number of benzene rings is 1. The Morgan fingerprint density at radius 3 is 3.07 bits per heavy atom. The van der Waals surface area contributed by atoms with Gasteiger partial charge in [-0.1, -0.05) is 36.9 Å². The minimum atomic E-state index is 0.345. The summed E-state index contributed by atoms with van der Waals surface area (Å²) in [5.74, 6) is 5.87. The summed E-state index contributed by atoms with van der Waals surface area (Å²) in [6.45, 7) is 6.15. The second kappa shape index (κ2) is 4.57. The van der Waals surface area contributed by atoms with E-state index in [2.05, 4.69) is 18.7 Å². The van der Waals surface area contributed by atoms with Crippen molar-refractivity contribution in [3.63, 3.8) is 0 Å².